The van der Waals surface area contributed by atoms with E-state index >= 15 is 0 Å². The Morgan fingerprint density at radius 3 is 2.31 bits per heavy atom. The van der Waals surface area contributed by atoms with Gasteiger partial charge in [0.25, 0.3) is 0 Å². The van der Waals surface area contributed by atoms with E-state index in [-0.39, 0.29) is 5.41 Å². The van der Waals surface area contributed by atoms with Crippen molar-refractivity contribution in [1.82, 2.24) is 0 Å². The zero-order valence-electron chi connectivity index (χ0n) is 9.15. The monoisotopic (exact) mass is 175 g/mol. The standard InChI is InChI=1S/C13H19/c1-6-11-9-10(2)7-8-12(11)13(3,4)5/h7-9H,2,6H2,1,3-5H3. The van der Waals surface area contributed by atoms with Gasteiger partial charge in [0.15, 0.2) is 0 Å². The molecule has 13 heavy (non-hydrogen) atoms. The highest BCUT2D eigenvalue weighted by molar-refractivity contribution is 5.37. The molecule has 0 aliphatic heterocycles. The zero-order chi connectivity index (χ0) is 10.1. The molecule has 0 aliphatic carbocycles. The van der Waals surface area contributed by atoms with Crippen molar-refractivity contribution >= 4 is 0 Å². The molecule has 0 bridgehead atoms. The van der Waals surface area contributed by atoms with Crippen molar-refractivity contribution in [2.45, 2.75) is 39.5 Å². The summed E-state index contributed by atoms with van der Waals surface area (Å²) in [5.41, 5.74) is 4.24. The van der Waals surface area contributed by atoms with Gasteiger partial charge in [-0.2, -0.15) is 0 Å². The molecular weight excluding hydrogens is 156 g/mol. The SMILES string of the molecule is [CH2]c1ccc(C(C)(C)C)c(CC)c1. The second-order valence-electron chi connectivity index (χ2n) is 4.60. The molecule has 1 aromatic rings. The molecule has 0 heterocycles. The van der Waals surface area contributed by atoms with E-state index in [1.165, 1.54) is 11.1 Å². The molecule has 0 atom stereocenters. The van der Waals surface area contributed by atoms with Gasteiger partial charge in [0.05, 0.1) is 0 Å². The molecule has 0 N–H and O–H groups in total. The van der Waals surface area contributed by atoms with Crippen molar-refractivity contribution in [2.75, 3.05) is 0 Å². The van der Waals surface area contributed by atoms with Gasteiger partial charge < -0.3 is 0 Å². The molecule has 0 nitrogen and oxygen atoms in total. The molecule has 0 heteroatoms. The summed E-state index contributed by atoms with van der Waals surface area (Å²) in [6, 6.07) is 6.50. The minimum Gasteiger partial charge on any atom is -0.0613 e. The van der Waals surface area contributed by atoms with Crippen LogP contribution >= 0.6 is 0 Å². The van der Waals surface area contributed by atoms with E-state index in [0.717, 1.165) is 12.0 Å². The van der Waals surface area contributed by atoms with Gasteiger partial charge in [0.2, 0.25) is 0 Å². The van der Waals surface area contributed by atoms with Crippen molar-refractivity contribution in [2.24, 2.45) is 0 Å². The van der Waals surface area contributed by atoms with E-state index in [4.69, 9.17) is 0 Å². The van der Waals surface area contributed by atoms with Gasteiger partial charge in [-0.05, 0) is 35.4 Å². The van der Waals surface area contributed by atoms with Crippen LogP contribution in [0.2, 0.25) is 0 Å². The third kappa shape index (κ3) is 2.33. The number of rotatable bonds is 1. The van der Waals surface area contributed by atoms with E-state index in [1.807, 2.05) is 0 Å². The Kier molecular flexibility index (Phi) is 2.80. The van der Waals surface area contributed by atoms with Gasteiger partial charge in [0.1, 0.15) is 0 Å². The van der Waals surface area contributed by atoms with Crippen LogP contribution in [-0.2, 0) is 11.8 Å². The van der Waals surface area contributed by atoms with E-state index < -0.39 is 0 Å². The van der Waals surface area contributed by atoms with E-state index in [2.05, 4.69) is 52.8 Å². The van der Waals surface area contributed by atoms with Crippen LogP contribution in [0.25, 0.3) is 0 Å². The van der Waals surface area contributed by atoms with Gasteiger partial charge >= 0.3 is 0 Å². The number of benzene rings is 1. The maximum Gasteiger partial charge on any atom is -0.0129 e. The van der Waals surface area contributed by atoms with Gasteiger partial charge in [-0.15, -0.1) is 0 Å². The number of aryl methyl sites for hydroxylation is 1. The van der Waals surface area contributed by atoms with Crippen molar-refractivity contribution < 1.29 is 0 Å². The third-order valence-corrected chi connectivity index (χ3v) is 2.36. The van der Waals surface area contributed by atoms with Gasteiger partial charge in [0, 0.05) is 0 Å². The Labute approximate surface area is 82.0 Å². The molecule has 0 saturated carbocycles. The highest BCUT2D eigenvalue weighted by Crippen LogP contribution is 2.26. The first-order valence-corrected chi connectivity index (χ1v) is 4.90. The summed E-state index contributed by atoms with van der Waals surface area (Å²) in [6.45, 7) is 12.9. The third-order valence-electron chi connectivity index (χ3n) is 2.36. The summed E-state index contributed by atoms with van der Waals surface area (Å²) in [5.74, 6) is 0. The highest BCUT2D eigenvalue weighted by Gasteiger charge is 2.16. The molecule has 1 rings (SSSR count). The van der Waals surface area contributed by atoms with Crippen LogP contribution in [0.3, 0.4) is 0 Å². The molecule has 0 aliphatic rings. The largest absolute Gasteiger partial charge is 0.0613 e. The Morgan fingerprint density at radius 1 is 1.23 bits per heavy atom. The quantitative estimate of drug-likeness (QED) is 0.610. The first kappa shape index (κ1) is 10.3. The normalized spacial score (nSPS) is 11.8. The average Bonchev–Trinajstić information content (AvgIpc) is 2.01. The summed E-state index contributed by atoms with van der Waals surface area (Å²) in [4.78, 5) is 0. The Hall–Kier alpha value is -0.780. The lowest BCUT2D eigenvalue weighted by molar-refractivity contribution is 0.583. The van der Waals surface area contributed by atoms with Crippen LogP contribution in [0.4, 0.5) is 0 Å². The molecule has 1 aromatic carbocycles. The molecule has 1 radical (unpaired) electrons. The summed E-state index contributed by atoms with van der Waals surface area (Å²) in [5, 5.41) is 0. The van der Waals surface area contributed by atoms with Gasteiger partial charge in [-0.1, -0.05) is 45.9 Å². The van der Waals surface area contributed by atoms with Crippen LogP contribution in [0, 0.1) is 6.92 Å². The topological polar surface area (TPSA) is 0 Å². The highest BCUT2D eigenvalue weighted by atomic mass is 14.2. The Bertz CT molecular complexity index is 289. The predicted molar refractivity (Wildman–Crippen MR) is 59.0 cm³/mol. The lowest BCUT2D eigenvalue weighted by Crippen LogP contribution is -2.14. The minimum absolute atomic E-state index is 0.249. The van der Waals surface area contributed by atoms with Crippen molar-refractivity contribution in [1.29, 1.82) is 0 Å². The van der Waals surface area contributed by atoms with Crippen molar-refractivity contribution in [3.8, 4) is 0 Å². The number of hydrogen-bond donors (Lipinski definition) is 0. The molecular formula is C13H19. The minimum atomic E-state index is 0.249. The maximum atomic E-state index is 3.95. The maximum absolute atomic E-state index is 3.95. The van der Waals surface area contributed by atoms with Crippen LogP contribution < -0.4 is 0 Å². The number of hydrogen-bond acceptors (Lipinski definition) is 0. The molecule has 0 saturated heterocycles. The molecule has 0 amide bonds. The summed E-state index contributed by atoms with van der Waals surface area (Å²) < 4.78 is 0. The van der Waals surface area contributed by atoms with E-state index in [1.54, 1.807) is 0 Å². The molecule has 71 valence electrons. The summed E-state index contributed by atoms with van der Waals surface area (Å²) >= 11 is 0. The van der Waals surface area contributed by atoms with Gasteiger partial charge in [-0.3, -0.25) is 0 Å². The van der Waals surface area contributed by atoms with E-state index in [9.17, 15) is 0 Å². The van der Waals surface area contributed by atoms with Crippen LogP contribution in [0.5, 0.6) is 0 Å². The Morgan fingerprint density at radius 2 is 1.85 bits per heavy atom. The zero-order valence-corrected chi connectivity index (χ0v) is 9.15. The first-order chi connectivity index (χ1) is 5.95. The summed E-state index contributed by atoms with van der Waals surface area (Å²) in [7, 11) is 0. The fraction of sp³-hybridized carbons (Fsp3) is 0.462. The molecule has 0 aromatic heterocycles. The fourth-order valence-electron chi connectivity index (χ4n) is 1.67. The van der Waals surface area contributed by atoms with Crippen molar-refractivity contribution in [3.63, 3.8) is 0 Å². The van der Waals surface area contributed by atoms with Crippen LogP contribution in [0.1, 0.15) is 44.4 Å². The molecule has 0 fully saturated rings. The van der Waals surface area contributed by atoms with Crippen LogP contribution in [-0.4, -0.2) is 0 Å². The van der Waals surface area contributed by atoms with Gasteiger partial charge in [-0.25, -0.2) is 0 Å². The summed E-state index contributed by atoms with van der Waals surface area (Å²) in [6.07, 6.45) is 1.09. The lowest BCUT2D eigenvalue weighted by atomic mass is 9.82. The first-order valence-electron chi connectivity index (χ1n) is 4.90. The smallest absolute Gasteiger partial charge is 0.0129 e. The Balaban J connectivity index is 3.22. The fourth-order valence-corrected chi connectivity index (χ4v) is 1.67. The lowest BCUT2D eigenvalue weighted by Gasteiger charge is -2.22. The average molecular weight is 175 g/mol. The second kappa shape index (κ2) is 3.53. The molecule has 0 unspecified atom stereocenters. The van der Waals surface area contributed by atoms with E-state index in [0.29, 0.717) is 0 Å². The predicted octanol–water partition coefficient (Wildman–Crippen LogP) is 3.73. The molecule has 0 spiro atoms. The van der Waals surface area contributed by atoms with Crippen LogP contribution in [0.15, 0.2) is 18.2 Å². The van der Waals surface area contributed by atoms with Crippen molar-refractivity contribution in [3.05, 3.63) is 41.8 Å². The second-order valence-corrected chi connectivity index (χ2v) is 4.60.